The standard InChI is InChI=1S/C22H46NO.C11H14O.BrH/c1-4-5-6-7-8-9-10-11-12-13-14-15-16-17-20-24-22-18-19-23(2,3)21-22;12-11-8-4-3-7-10(11)9-5-1-2-6-9;/h22H,4-21H2,1-3H3;3-4,7-9,12H,1-2,5-6H2;1H/q+1;;/p-1. The highest BCUT2D eigenvalue weighted by Gasteiger charge is 2.30. The fourth-order valence-corrected chi connectivity index (χ4v) is 5.98. The Morgan fingerprint density at radius 3 is 1.76 bits per heavy atom. The first kappa shape index (κ1) is 34.4. The molecule has 4 heteroatoms. The number of ether oxygens (including phenoxy) is 1. The topological polar surface area (TPSA) is 29.5 Å². The average Bonchev–Trinajstić information content (AvgIpc) is 3.52. The largest absolute Gasteiger partial charge is 1.00 e. The van der Waals surface area contributed by atoms with Crippen LogP contribution in [0.2, 0.25) is 0 Å². The Kier molecular flexibility index (Phi) is 19.8. The second-order valence-electron chi connectivity index (χ2n) is 12.3. The number of para-hydroxylation sites is 1. The van der Waals surface area contributed by atoms with Gasteiger partial charge in [-0.1, -0.05) is 121 Å². The summed E-state index contributed by atoms with van der Waals surface area (Å²) in [7, 11) is 4.63. The number of phenols is 1. The van der Waals surface area contributed by atoms with Gasteiger partial charge in [-0.25, -0.2) is 0 Å². The van der Waals surface area contributed by atoms with E-state index in [1.54, 1.807) is 6.07 Å². The zero-order chi connectivity index (χ0) is 25.9. The Morgan fingerprint density at radius 2 is 1.27 bits per heavy atom. The van der Waals surface area contributed by atoms with Crippen molar-refractivity contribution in [2.24, 2.45) is 0 Å². The third kappa shape index (κ3) is 16.2. The van der Waals surface area contributed by atoms with Crippen LogP contribution in [0.15, 0.2) is 24.3 Å². The molecule has 0 radical (unpaired) electrons. The molecule has 0 aromatic heterocycles. The van der Waals surface area contributed by atoms with E-state index in [9.17, 15) is 5.11 Å². The van der Waals surface area contributed by atoms with Gasteiger partial charge >= 0.3 is 0 Å². The molecule has 216 valence electrons. The van der Waals surface area contributed by atoms with Crippen LogP contribution in [0.25, 0.3) is 0 Å². The third-order valence-electron chi connectivity index (χ3n) is 8.34. The summed E-state index contributed by atoms with van der Waals surface area (Å²) >= 11 is 0. The molecule has 1 saturated heterocycles. The molecule has 1 aliphatic heterocycles. The summed E-state index contributed by atoms with van der Waals surface area (Å²) in [5.41, 5.74) is 1.15. The van der Waals surface area contributed by atoms with Crippen LogP contribution >= 0.6 is 0 Å². The molecule has 1 unspecified atom stereocenters. The van der Waals surface area contributed by atoms with Crippen molar-refractivity contribution in [1.29, 1.82) is 0 Å². The van der Waals surface area contributed by atoms with Gasteiger partial charge in [0.1, 0.15) is 18.4 Å². The van der Waals surface area contributed by atoms with E-state index < -0.39 is 0 Å². The number of quaternary nitrogens is 1. The predicted molar refractivity (Wildman–Crippen MR) is 156 cm³/mol. The van der Waals surface area contributed by atoms with Crippen LogP contribution in [0.1, 0.15) is 140 Å². The SMILES string of the molecule is CCCCCCCCCCCCCCCCOC1CC[N+](C)(C)C1.Oc1ccccc1C1CCCC1.[Br-]. The summed E-state index contributed by atoms with van der Waals surface area (Å²) in [6.45, 7) is 5.77. The maximum Gasteiger partial charge on any atom is 0.119 e. The van der Waals surface area contributed by atoms with Gasteiger partial charge in [-0.3, -0.25) is 0 Å². The summed E-state index contributed by atoms with van der Waals surface area (Å²) in [6.07, 6.45) is 26.9. The van der Waals surface area contributed by atoms with Gasteiger partial charge < -0.3 is 31.3 Å². The van der Waals surface area contributed by atoms with Gasteiger partial charge in [0.05, 0.1) is 20.6 Å². The first-order valence-electron chi connectivity index (χ1n) is 15.7. The molecule has 1 N–H and O–H groups in total. The summed E-state index contributed by atoms with van der Waals surface area (Å²) in [4.78, 5) is 0. The Balaban J connectivity index is 0.000000438. The normalized spacial score (nSPS) is 18.8. The highest BCUT2D eigenvalue weighted by molar-refractivity contribution is 5.35. The minimum absolute atomic E-state index is 0. The number of likely N-dealkylation sites (tertiary alicyclic amines) is 1. The fourth-order valence-electron chi connectivity index (χ4n) is 5.98. The number of phenolic OH excluding ortho intramolecular Hbond substituents is 1. The molecule has 3 nitrogen and oxygen atoms in total. The minimum Gasteiger partial charge on any atom is -1.00 e. The van der Waals surface area contributed by atoms with Crippen molar-refractivity contribution in [1.82, 2.24) is 0 Å². The Bertz CT molecular complexity index is 659. The van der Waals surface area contributed by atoms with Gasteiger partial charge in [-0.05, 0) is 36.8 Å². The number of hydrogen-bond donors (Lipinski definition) is 1. The number of halogens is 1. The van der Waals surface area contributed by atoms with Crippen molar-refractivity contribution in [3.63, 3.8) is 0 Å². The molecular formula is C33H60BrNO2. The molecule has 1 aromatic rings. The molecule has 2 aliphatic rings. The van der Waals surface area contributed by atoms with Crippen LogP contribution in [0.5, 0.6) is 5.75 Å². The molecular weight excluding hydrogens is 522 g/mol. The van der Waals surface area contributed by atoms with Crippen molar-refractivity contribution >= 4 is 0 Å². The summed E-state index contributed by atoms with van der Waals surface area (Å²) < 4.78 is 7.17. The van der Waals surface area contributed by atoms with Crippen molar-refractivity contribution in [2.45, 2.75) is 141 Å². The van der Waals surface area contributed by atoms with Gasteiger partial charge in [0.25, 0.3) is 0 Å². The van der Waals surface area contributed by atoms with Gasteiger partial charge in [0.15, 0.2) is 0 Å². The van der Waals surface area contributed by atoms with Crippen molar-refractivity contribution in [2.75, 3.05) is 33.8 Å². The number of hydrogen-bond acceptors (Lipinski definition) is 2. The smallest absolute Gasteiger partial charge is 0.119 e. The number of rotatable bonds is 17. The van der Waals surface area contributed by atoms with E-state index in [-0.39, 0.29) is 17.0 Å². The quantitative estimate of drug-likeness (QED) is 0.171. The van der Waals surface area contributed by atoms with Gasteiger partial charge in [0, 0.05) is 13.0 Å². The van der Waals surface area contributed by atoms with Crippen molar-refractivity contribution in [3.8, 4) is 5.75 Å². The van der Waals surface area contributed by atoms with E-state index in [1.165, 1.54) is 135 Å². The van der Waals surface area contributed by atoms with Crippen LogP contribution in [0, 0.1) is 0 Å². The monoisotopic (exact) mass is 581 g/mol. The first-order valence-corrected chi connectivity index (χ1v) is 15.7. The number of unbranched alkanes of at least 4 members (excludes halogenated alkanes) is 13. The zero-order valence-electron chi connectivity index (χ0n) is 24.7. The van der Waals surface area contributed by atoms with E-state index in [0.29, 0.717) is 17.8 Å². The maximum atomic E-state index is 9.57. The first-order chi connectivity index (χ1) is 17.5. The molecule has 2 fully saturated rings. The molecule has 0 spiro atoms. The zero-order valence-corrected chi connectivity index (χ0v) is 26.3. The number of aromatic hydroxyl groups is 1. The molecule has 3 rings (SSSR count). The van der Waals surface area contributed by atoms with Gasteiger partial charge in [0.2, 0.25) is 0 Å². The van der Waals surface area contributed by atoms with Crippen LogP contribution in [-0.2, 0) is 4.74 Å². The van der Waals surface area contributed by atoms with Crippen LogP contribution in [0.3, 0.4) is 0 Å². The fraction of sp³-hybridized carbons (Fsp3) is 0.818. The van der Waals surface area contributed by atoms with E-state index in [2.05, 4.69) is 21.0 Å². The third-order valence-corrected chi connectivity index (χ3v) is 8.34. The summed E-state index contributed by atoms with van der Waals surface area (Å²) in [6, 6.07) is 7.72. The molecule has 37 heavy (non-hydrogen) atoms. The highest BCUT2D eigenvalue weighted by atomic mass is 79.9. The summed E-state index contributed by atoms with van der Waals surface area (Å²) in [5.74, 6) is 1.09. The molecule has 1 heterocycles. The van der Waals surface area contributed by atoms with Crippen molar-refractivity contribution < 1.29 is 31.3 Å². The Labute approximate surface area is 241 Å². The average molecular weight is 583 g/mol. The number of benzene rings is 1. The van der Waals surface area contributed by atoms with Gasteiger partial charge in [-0.15, -0.1) is 0 Å². The molecule has 1 aliphatic carbocycles. The lowest BCUT2D eigenvalue weighted by Gasteiger charge is -2.23. The number of nitrogens with zero attached hydrogens (tertiary/aromatic N) is 1. The Morgan fingerprint density at radius 1 is 0.757 bits per heavy atom. The van der Waals surface area contributed by atoms with Crippen molar-refractivity contribution in [3.05, 3.63) is 29.8 Å². The van der Waals surface area contributed by atoms with E-state index in [0.717, 1.165) is 16.7 Å². The second kappa shape index (κ2) is 21.3. The van der Waals surface area contributed by atoms with E-state index in [4.69, 9.17) is 4.74 Å². The van der Waals surface area contributed by atoms with Gasteiger partial charge in [-0.2, -0.15) is 0 Å². The molecule has 0 bridgehead atoms. The molecule has 1 saturated carbocycles. The lowest BCUT2D eigenvalue weighted by atomic mass is 9.97. The van der Waals surface area contributed by atoms with Crippen LogP contribution < -0.4 is 17.0 Å². The second-order valence-corrected chi connectivity index (χ2v) is 12.3. The van der Waals surface area contributed by atoms with Crippen LogP contribution in [0.4, 0.5) is 0 Å². The summed E-state index contributed by atoms with van der Waals surface area (Å²) in [5, 5.41) is 9.57. The highest BCUT2D eigenvalue weighted by Crippen LogP contribution is 2.37. The lowest BCUT2D eigenvalue weighted by Crippen LogP contribution is -3.00. The minimum atomic E-state index is 0. The van der Waals surface area contributed by atoms with E-state index in [1.807, 2.05) is 18.2 Å². The molecule has 1 aromatic carbocycles. The Hall–Kier alpha value is -0.580. The van der Waals surface area contributed by atoms with E-state index >= 15 is 0 Å². The van der Waals surface area contributed by atoms with Crippen LogP contribution in [-0.4, -0.2) is 49.5 Å². The number of likely N-dealkylation sites (N-methyl/N-ethyl adjacent to an activating group) is 1. The lowest BCUT2D eigenvalue weighted by molar-refractivity contribution is -0.879. The molecule has 0 amide bonds. The predicted octanol–water partition coefficient (Wildman–Crippen LogP) is 6.39. The molecule has 1 atom stereocenters. The maximum absolute atomic E-state index is 9.57.